The monoisotopic (exact) mass is 438 g/mol. The molecule has 0 fully saturated rings. The fourth-order valence-electron chi connectivity index (χ4n) is 2.40. The van der Waals surface area contributed by atoms with Gasteiger partial charge in [0.25, 0.3) is 5.91 Å². The number of hydrogen-bond donors (Lipinski definition) is 1. The predicted octanol–water partition coefficient (Wildman–Crippen LogP) is 4.80. The summed E-state index contributed by atoms with van der Waals surface area (Å²) in [5, 5.41) is 3.99. The molecule has 1 amide bonds. The van der Waals surface area contributed by atoms with E-state index >= 15 is 0 Å². The van der Waals surface area contributed by atoms with Crippen molar-refractivity contribution in [2.45, 2.75) is 6.61 Å². The third-order valence-corrected chi connectivity index (χ3v) is 4.60. The minimum atomic E-state index is -0.275. The summed E-state index contributed by atoms with van der Waals surface area (Å²) in [6.45, 7) is 0.417. The van der Waals surface area contributed by atoms with Crippen molar-refractivity contribution in [1.29, 1.82) is 0 Å². The summed E-state index contributed by atoms with van der Waals surface area (Å²) >= 11 is 3.45. The molecule has 142 valence electrons. The number of amides is 1. The summed E-state index contributed by atoms with van der Waals surface area (Å²) in [7, 11) is 1.61. The zero-order valence-corrected chi connectivity index (χ0v) is 16.8. The maximum atomic E-state index is 12.2. The highest BCUT2D eigenvalue weighted by Gasteiger charge is 2.05. The minimum Gasteiger partial charge on any atom is -0.497 e. The fourth-order valence-corrected chi connectivity index (χ4v) is 2.79. The molecule has 0 unspecified atom stereocenters. The van der Waals surface area contributed by atoms with Crippen LogP contribution in [0.5, 0.6) is 11.5 Å². The van der Waals surface area contributed by atoms with E-state index in [1.165, 1.54) is 0 Å². The van der Waals surface area contributed by atoms with Gasteiger partial charge in [0.1, 0.15) is 18.1 Å². The molecule has 1 N–H and O–H groups in total. The van der Waals surface area contributed by atoms with E-state index in [0.717, 1.165) is 27.1 Å². The lowest BCUT2D eigenvalue weighted by molar-refractivity contribution is 0.0955. The molecule has 0 atom stereocenters. The lowest BCUT2D eigenvalue weighted by Gasteiger charge is -2.08. The molecular formula is C22H19BrN2O3. The molecule has 0 saturated carbocycles. The first kappa shape index (κ1) is 19.6. The molecule has 0 heterocycles. The summed E-state index contributed by atoms with van der Waals surface area (Å²) in [5.41, 5.74) is 4.88. The highest BCUT2D eigenvalue weighted by atomic mass is 79.9. The normalized spacial score (nSPS) is 10.6. The Hall–Kier alpha value is -3.12. The van der Waals surface area contributed by atoms with Gasteiger partial charge >= 0.3 is 0 Å². The van der Waals surface area contributed by atoms with Gasteiger partial charge in [-0.25, -0.2) is 5.43 Å². The second kappa shape index (κ2) is 9.71. The van der Waals surface area contributed by atoms with E-state index in [-0.39, 0.29) is 5.91 Å². The SMILES string of the molecule is COc1ccc(/C=N/NC(=O)c2ccc(COc3ccccc3Br)cc2)cc1. The van der Waals surface area contributed by atoms with Crippen molar-refractivity contribution in [2.24, 2.45) is 5.10 Å². The van der Waals surface area contributed by atoms with Gasteiger partial charge in [0.2, 0.25) is 0 Å². The summed E-state index contributed by atoms with van der Waals surface area (Å²) in [6.07, 6.45) is 1.58. The van der Waals surface area contributed by atoms with Gasteiger partial charge < -0.3 is 9.47 Å². The number of benzene rings is 3. The highest BCUT2D eigenvalue weighted by Crippen LogP contribution is 2.24. The third kappa shape index (κ3) is 5.44. The molecule has 3 rings (SSSR count). The van der Waals surface area contributed by atoms with Gasteiger partial charge in [0, 0.05) is 5.56 Å². The molecular weight excluding hydrogens is 420 g/mol. The average Bonchev–Trinajstić information content (AvgIpc) is 2.74. The van der Waals surface area contributed by atoms with E-state index in [9.17, 15) is 4.79 Å². The van der Waals surface area contributed by atoms with Gasteiger partial charge in [0.15, 0.2) is 0 Å². The van der Waals surface area contributed by atoms with Crippen molar-refractivity contribution in [3.8, 4) is 11.5 Å². The van der Waals surface area contributed by atoms with Gasteiger partial charge in [-0.2, -0.15) is 5.10 Å². The van der Waals surface area contributed by atoms with Crippen molar-refractivity contribution in [2.75, 3.05) is 7.11 Å². The molecule has 0 bridgehead atoms. The number of para-hydroxylation sites is 1. The first-order chi connectivity index (χ1) is 13.7. The van der Waals surface area contributed by atoms with Gasteiger partial charge in [-0.15, -0.1) is 0 Å². The van der Waals surface area contributed by atoms with Crippen LogP contribution in [0.3, 0.4) is 0 Å². The quantitative estimate of drug-likeness (QED) is 0.425. The number of carbonyl (C=O) groups is 1. The molecule has 28 heavy (non-hydrogen) atoms. The van der Waals surface area contributed by atoms with Crippen LogP contribution in [0.1, 0.15) is 21.5 Å². The van der Waals surface area contributed by atoms with Crippen molar-refractivity contribution in [3.05, 3.63) is 94.0 Å². The summed E-state index contributed by atoms with van der Waals surface area (Å²) in [4.78, 5) is 12.2. The second-order valence-corrected chi connectivity index (χ2v) is 6.74. The van der Waals surface area contributed by atoms with Crippen LogP contribution in [0.4, 0.5) is 0 Å². The molecule has 6 heteroatoms. The smallest absolute Gasteiger partial charge is 0.271 e. The number of nitrogens with zero attached hydrogens (tertiary/aromatic N) is 1. The van der Waals surface area contributed by atoms with E-state index in [4.69, 9.17) is 9.47 Å². The number of hydrazone groups is 1. The molecule has 3 aromatic rings. The molecule has 5 nitrogen and oxygen atoms in total. The number of ether oxygens (including phenoxy) is 2. The van der Waals surface area contributed by atoms with Crippen LogP contribution in [0.15, 0.2) is 82.4 Å². The van der Waals surface area contributed by atoms with Crippen molar-refractivity contribution in [1.82, 2.24) is 5.43 Å². The number of carbonyl (C=O) groups excluding carboxylic acids is 1. The number of methoxy groups -OCH3 is 1. The minimum absolute atomic E-state index is 0.275. The molecule has 0 aliphatic rings. The Bertz CT molecular complexity index is 954. The van der Waals surface area contributed by atoms with Crippen molar-refractivity contribution < 1.29 is 14.3 Å². The molecule has 0 aliphatic heterocycles. The maximum Gasteiger partial charge on any atom is 0.271 e. The van der Waals surface area contributed by atoms with Gasteiger partial charge in [-0.3, -0.25) is 4.79 Å². The van der Waals surface area contributed by atoms with Crippen LogP contribution in [0, 0.1) is 0 Å². The average molecular weight is 439 g/mol. The van der Waals surface area contributed by atoms with Crippen molar-refractivity contribution >= 4 is 28.1 Å². The Balaban J connectivity index is 1.53. The Morgan fingerprint density at radius 1 is 1.04 bits per heavy atom. The van der Waals surface area contributed by atoms with Crippen LogP contribution < -0.4 is 14.9 Å². The fraction of sp³-hybridized carbons (Fsp3) is 0.0909. The zero-order valence-electron chi connectivity index (χ0n) is 15.3. The van der Waals surface area contributed by atoms with E-state index in [1.807, 2.05) is 60.7 Å². The van der Waals surface area contributed by atoms with Crippen LogP contribution in [0.2, 0.25) is 0 Å². The van der Waals surface area contributed by atoms with Crippen LogP contribution in [0.25, 0.3) is 0 Å². The molecule has 0 aliphatic carbocycles. The summed E-state index contributed by atoms with van der Waals surface area (Å²) in [5.74, 6) is 1.27. The van der Waals surface area contributed by atoms with Crippen molar-refractivity contribution in [3.63, 3.8) is 0 Å². The van der Waals surface area contributed by atoms with Crippen LogP contribution >= 0.6 is 15.9 Å². The van der Waals surface area contributed by atoms with Gasteiger partial charge in [0.05, 0.1) is 17.8 Å². The summed E-state index contributed by atoms with van der Waals surface area (Å²) in [6, 6.07) is 22.3. The largest absolute Gasteiger partial charge is 0.497 e. The van der Waals surface area contributed by atoms with Crippen LogP contribution in [-0.4, -0.2) is 19.2 Å². The lowest BCUT2D eigenvalue weighted by atomic mass is 10.1. The Morgan fingerprint density at radius 3 is 2.43 bits per heavy atom. The van der Waals surface area contributed by atoms with E-state index in [2.05, 4.69) is 26.5 Å². The number of halogens is 1. The highest BCUT2D eigenvalue weighted by molar-refractivity contribution is 9.10. The Labute approximate surface area is 172 Å². The number of hydrogen-bond acceptors (Lipinski definition) is 4. The molecule has 0 aromatic heterocycles. The topological polar surface area (TPSA) is 59.9 Å². The number of rotatable bonds is 7. The lowest BCUT2D eigenvalue weighted by Crippen LogP contribution is -2.17. The molecule has 3 aromatic carbocycles. The Morgan fingerprint density at radius 2 is 1.75 bits per heavy atom. The number of nitrogens with one attached hydrogen (secondary N) is 1. The Kier molecular flexibility index (Phi) is 6.81. The van der Waals surface area contributed by atoms with E-state index in [1.54, 1.807) is 25.5 Å². The second-order valence-electron chi connectivity index (χ2n) is 5.89. The summed E-state index contributed by atoms with van der Waals surface area (Å²) < 4.78 is 11.8. The third-order valence-electron chi connectivity index (χ3n) is 3.94. The van der Waals surface area contributed by atoms with Gasteiger partial charge in [-0.1, -0.05) is 24.3 Å². The first-order valence-corrected chi connectivity index (χ1v) is 9.39. The molecule has 0 saturated heterocycles. The van der Waals surface area contributed by atoms with E-state index < -0.39 is 0 Å². The maximum absolute atomic E-state index is 12.2. The predicted molar refractivity (Wildman–Crippen MR) is 113 cm³/mol. The molecule has 0 spiro atoms. The standard InChI is InChI=1S/C22H19BrN2O3/c1-27-19-12-8-16(9-13-19)14-24-25-22(26)18-10-6-17(7-11-18)15-28-21-5-3-2-4-20(21)23/h2-14H,15H2,1H3,(H,25,26)/b24-14+. The van der Waals surface area contributed by atoms with Gasteiger partial charge in [-0.05, 0) is 75.6 Å². The first-order valence-electron chi connectivity index (χ1n) is 8.59. The van der Waals surface area contributed by atoms with Crippen LogP contribution in [-0.2, 0) is 6.61 Å². The molecule has 0 radical (unpaired) electrons. The van der Waals surface area contributed by atoms with E-state index in [0.29, 0.717) is 12.2 Å². The zero-order chi connectivity index (χ0) is 19.8.